The van der Waals surface area contributed by atoms with Crippen molar-refractivity contribution in [3.8, 4) is 51.2 Å². The topological polar surface area (TPSA) is 149 Å². The summed E-state index contributed by atoms with van der Waals surface area (Å²) in [6, 6.07) is 15.7. The molecule has 2 aromatic carbocycles. The number of nitrogens with zero attached hydrogens (tertiary/aromatic N) is 3. The molecule has 2 amide bonds. The van der Waals surface area contributed by atoms with Crippen molar-refractivity contribution < 1.29 is 23.8 Å². The number of carbonyl (C=O) groups is 2. The molecule has 0 bridgehead atoms. The zero-order chi connectivity index (χ0) is 34.3. The molecule has 0 radical (unpaired) electrons. The quantitative estimate of drug-likeness (QED) is 0.152. The summed E-state index contributed by atoms with van der Waals surface area (Å²) >= 11 is 7.09. The molecule has 4 heterocycles. The number of hydrogen-bond acceptors (Lipinski definition) is 10. The molecule has 0 spiro atoms. The minimum Gasteiger partial charge on any atom is -0.496 e. The lowest BCUT2D eigenvalue weighted by atomic mass is 10.0. The van der Waals surface area contributed by atoms with E-state index >= 15 is 0 Å². The van der Waals surface area contributed by atoms with Crippen LogP contribution < -0.4 is 35.5 Å². The van der Waals surface area contributed by atoms with Gasteiger partial charge in [-0.05, 0) is 25.0 Å². The van der Waals surface area contributed by atoms with Gasteiger partial charge in [-0.25, -0.2) is 15.0 Å². The standard InChI is InChI=1S/C36H40ClN7O5/c1-47-29-15-21(7-8-22(29)16-38-18-24-10-13-30(45)42-24)33-35(48-2)34(41-20-40-33)27-6-4-5-26(32(27)37)28-12-9-23(36(44-28)49-3)17-39-19-25-11-14-31(46)43-25/h4-9,12,15,20,24-25,38-39H,10-11,13-14,16-19H2,1-3H3,(H,42,45)(H,43,46)/t24-,25-/m0/s1. The number of carbonyl (C=O) groups excluding carboxylic acids is 2. The first kappa shape index (κ1) is 34.1. The van der Waals surface area contributed by atoms with E-state index in [1.165, 1.54) is 6.33 Å². The molecule has 2 saturated heterocycles. The largest absolute Gasteiger partial charge is 0.496 e. The van der Waals surface area contributed by atoms with Crippen molar-refractivity contribution in [1.82, 2.24) is 36.2 Å². The second-order valence-electron chi connectivity index (χ2n) is 12.0. The Hall–Kier alpha value is -4.78. The van der Waals surface area contributed by atoms with Gasteiger partial charge in [-0.3, -0.25) is 9.59 Å². The fraction of sp³-hybridized carbons (Fsp3) is 0.361. The van der Waals surface area contributed by atoms with E-state index in [1.807, 2.05) is 48.5 Å². The van der Waals surface area contributed by atoms with Gasteiger partial charge < -0.3 is 35.5 Å². The van der Waals surface area contributed by atoms with Crippen LogP contribution in [0.25, 0.3) is 33.8 Å². The van der Waals surface area contributed by atoms with Crippen molar-refractivity contribution in [3.05, 3.63) is 71.0 Å². The lowest BCUT2D eigenvalue weighted by Gasteiger charge is -2.17. The van der Waals surface area contributed by atoms with Crippen LogP contribution >= 0.6 is 11.6 Å². The summed E-state index contributed by atoms with van der Waals surface area (Å²) in [5, 5.41) is 13.2. The van der Waals surface area contributed by atoms with Crippen molar-refractivity contribution in [3.63, 3.8) is 0 Å². The third-order valence-electron chi connectivity index (χ3n) is 8.81. The molecular formula is C36H40ClN7O5. The number of benzene rings is 2. The Morgan fingerprint density at radius 2 is 1.45 bits per heavy atom. The summed E-state index contributed by atoms with van der Waals surface area (Å²) in [5.41, 5.74) is 5.82. The van der Waals surface area contributed by atoms with Crippen LogP contribution in [0.4, 0.5) is 0 Å². The van der Waals surface area contributed by atoms with Crippen LogP contribution in [0.15, 0.2) is 54.9 Å². The van der Waals surface area contributed by atoms with Crippen LogP contribution in [-0.2, 0) is 22.7 Å². The molecule has 13 heteroatoms. The molecule has 2 fully saturated rings. The lowest BCUT2D eigenvalue weighted by molar-refractivity contribution is -0.120. The van der Waals surface area contributed by atoms with E-state index in [-0.39, 0.29) is 23.9 Å². The Bertz CT molecular complexity index is 1840. The smallest absolute Gasteiger partial charge is 0.220 e. The van der Waals surface area contributed by atoms with Crippen molar-refractivity contribution in [2.75, 3.05) is 34.4 Å². The van der Waals surface area contributed by atoms with Gasteiger partial charge in [-0.15, -0.1) is 0 Å². The van der Waals surface area contributed by atoms with Crippen molar-refractivity contribution in [1.29, 1.82) is 0 Å². The molecule has 0 unspecified atom stereocenters. The molecule has 0 aliphatic carbocycles. The molecular weight excluding hydrogens is 646 g/mol. The predicted octanol–water partition coefficient (Wildman–Crippen LogP) is 4.29. The number of pyridine rings is 1. The van der Waals surface area contributed by atoms with Crippen LogP contribution in [0.3, 0.4) is 0 Å². The van der Waals surface area contributed by atoms with Gasteiger partial charge in [0.05, 0.1) is 32.0 Å². The fourth-order valence-electron chi connectivity index (χ4n) is 6.27. The highest BCUT2D eigenvalue weighted by Crippen LogP contribution is 2.42. The van der Waals surface area contributed by atoms with Crippen molar-refractivity contribution in [2.45, 2.75) is 50.9 Å². The van der Waals surface area contributed by atoms with Crippen LogP contribution in [0.2, 0.25) is 5.02 Å². The van der Waals surface area contributed by atoms with Gasteiger partial charge in [0.15, 0.2) is 5.75 Å². The average Bonchev–Trinajstić information content (AvgIpc) is 3.74. The number of ether oxygens (including phenoxy) is 3. The van der Waals surface area contributed by atoms with E-state index in [0.29, 0.717) is 89.6 Å². The molecule has 12 nitrogen and oxygen atoms in total. The second-order valence-corrected chi connectivity index (χ2v) is 12.4. The first-order valence-electron chi connectivity index (χ1n) is 16.3. The van der Waals surface area contributed by atoms with Crippen LogP contribution in [0.5, 0.6) is 17.4 Å². The van der Waals surface area contributed by atoms with E-state index in [9.17, 15) is 9.59 Å². The number of aromatic nitrogens is 3. The van der Waals surface area contributed by atoms with Gasteiger partial charge in [0.1, 0.15) is 23.5 Å². The Labute approximate surface area is 290 Å². The van der Waals surface area contributed by atoms with Gasteiger partial charge in [-0.1, -0.05) is 48.0 Å². The maximum Gasteiger partial charge on any atom is 0.220 e. The number of amides is 2. The van der Waals surface area contributed by atoms with E-state index in [4.69, 9.17) is 30.8 Å². The SMILES string of the molecule is COc1cc(-c2ncnc(-c3cccc(-c4ccc(CNC[C@@H]5CCC(=O)N5)c(OC)n4)c3Cl)c2OC)ccc1CNC[C@@H]1CCC(=O)N1. The number of rotatable bonds is 14. The minimum atomic E-state index is 0.0947. The average molecular weight is 686 g/mol. The normalized spacial score (nSPS) is 17.1. The Kier molecular flexibility index (Phi) is 10.9. The maximum absolute atomic E-state index is 11.5. The molecule has 6 rings (SSSR count). The predicted molar refractivity (Wildman–Crippen MR) is 187 cm³/mol. The van der Waals surface area contributed by atoms with Gasteiger partial charge in [0.25, 0.3) is 0 Å². The summed E-state index contributed by atoms with van der Waals surface area (Å²) in [7, 11) is 4.81. The van der Waals surface area contributed by atoms with Crippen molar-refractivity contribution >= 4 is 23.4 Å². The number of hydrogen-bond donors (Lipinski definition) is 4. The third-order valence-corrected chi connectivity index (χ3v) is 9.22. The zero-order valence-electron chi connectivity index (χ0n) is 27.8. The zero-order valence-corrected chi connectivity index (χ0v) is 28.5. The molecule has 49 heavy (non-hydrogen) atoms. The first-order valence-corrected chi connectivity index (χ1v) is 16.7. The number of methoxy groups -OCH3 is 3. The Morgan fingerprint density at radius 1 is 0.796 bits per heavy atom. The molecule has 2 aliphatic rings. The van der Waals surface area contributed by atoms with Crippen molar-refractivity contribution in [2.24, 2.45) is 0 Å². The number of nitrogens with one attached hydrogen (secondary N) is 4. The molecule has 4 N–H and O–H groups in total. The lowest BCUT2D eigenvalue weighted by Crippen LogP contribution is -2.35. The van der Waals surface area contributed by atoms with E-state index in [2.05, 4.69) is 31.2 Å². The number of halogens is 1. The van der Waals surface area contributed by atoms with Gasteiger partial charge in [-0.2, -0.15) is 0 Å². The summed E-state index contributed by atoms with van der Waals surface area (Å²) in [5.74, 6) is 1.85. The van der Waals surface area contributed by atoms with E-state index < -0.39 is 0 Å². The highest BCUT2D eigenvalue weighted by atomic mass is 35.5. The second kappa shape index (κ2) is 15.6. The fourth-order valence-corrected chi connectivity index (χ4v) is 6.58. The molecule has 2 atom stereocenters. The summed E-state index contributed by atoms with van der Waals surface area (Å²) in [6.07, 6.45) is 4.30. The summed E-state index contributed by atoms with van der Waals surface area (Å²) < 4.78 is 17.3. The van der Waals surface area contributed by atoms with Crippen LogP contribution in [-0.4, -0.2) is 73.3 Å². The maximum atomic E-state index is 11.5. The Morgan fingerprint density at radius 3 is 2.08 bits per heavy atom. The molecule has 2 aliphatic heterocycles. The van der Waals surface area contributed by atoms with E-state index in [1.54, 1.807) is 21.3 Å². The van der Waals surface area contributed by atoms with Crippen LogP contribution in [0.1, 0.15) is 36.8 Å². The van der Waals surface area contributed by atoms with Gasteiger partial charge >= 0.3 is 0 Å². The van der Waals surface area contributed by atoms with Crippen LogP contribution in [0, 0.1) is 0 Å². The molecule has 256 valence electrons. The van der Waals surface area contributed by atoms with Gasteiger partial charge in [0.2, 0.25) is 17.7 Å². The molecule has 4 aromatic rings. The molecule has 0 saturated carbocycles. The highest BCUT2D eigenvalue weighted by Gasteiger charge is 2.23. The molecule has 2 aromatic heterocycles. The monoisotopic (exact) mass is 685 g/mol. The first-order chi connectivity index (χ1) is 23.9. The highest BCUT2D eigenvalue weighted by molar-refractivity contribution is 6.36. The Balaban J connectivity index is 1.23. The minimum absolute atomic E-state index is 0.0947. The van der Waals surface area contributed by atoms with E-state index in [0.717, 1.165) is 29.5 Å². The summed E-state index contributed by atoms with van der Waals surface area (Å²) in [4.78, 5) is 37.0. The van der Waals surface area contributed by atoms with Gasteiger partial charge in [0, 0.05) is 78.9 Å². The third kappa shape index (κ3) is 7.77. The summed E-state index contributed by atoms with van der Waals surface area (Å²) in [6.45, 7) is 2.48.